The van der Waals surface area contributed by atoms with Gasteiger partial charge in [0.2, 0.25) is 11.5 Å². The second-order valence-corrected chi connectivity index (χ2v) is 10.5. The van der Waals surface area contributed by atoms with Crippen molar-refractivity contribution in [1.82, 2.24) is 15.1 Å². The van der Waals surface area contributed by atoms with Crippen LogP contribution in [-0.2, 0) is 39.3 Å². The molecule has 4 aliphatic rings. The lowest BCUT2D eigenvalue weighted by Crippen LogP contribution is -2.48. The van der Waals surface area contributed by atoms with Gasteiger partial charge in [-0.3, -0.25) is 9.59 Å². The van der Waals surface area contributed by atoms with Crippen molar-refractivity contribution in [3.05, 3.63) is 64.5 Å². The highest BCUT2D eigenvalue weighted by Gasteiger charge is 2.58. The lowest BCUT2D eigenvalue weighted by atomic mass is 9.94. The number of carbonyl (C=O) groups excluding carboxylic acids is 4. The molecular formula is C28H29FN4O5. The third-order valence-corrected chi connectivity index (χ3v) is 8.24. The van der Waals surface area contributed by atoms with Crippen LogP contribution in [0, 0.1) is 11.7 Å². The van der Waals surface area contributed by atoms with E-state index in [0.717, 1.165) is 40.9 Å². The predicted molar refractivity (Wildman–Crippen MR) is 134 cm³/mol. The topological polar surface area (TPSA) is 108 Å². The molecular weight excluding hydrogens is 491 g/mol. The summed E-state index contributed by atoms with van der Waals surface area (Å²) >= 11 is 0. The first-order valence-electron chi connectivity index (χ1n) is 13.0. The number of anilines is 1. The summed E-state index contributed by atoms with van der Waals surface area (Å²) in [5.74, 6) is -0.771. The number of fused-ring (bicyclic) bond motifs is 3. The minimum absolute atomic E-state index is 0.0147. The summed E-state index contributed by atoms with van der Waals surface area (Å²) in [6.45, 7) is -0.0768. The first kappa shape index (κ1) is 24.4. The summed E-state index contributed by atoms with van der Waals surface area (Å²) < 4.78 is 19.6. The molecule has 2 aromatic carbocycles. The Morgan fingerprint density at radius 3 is 2.63 bits per heavy atom. The van der Waals surface area contributed by atoms with Gasteiger partial charge < -0.3 is 20.3 Å². The van der Waals surface area contributed by atoms with Gasteiger partial charge in [0, 0.05) is 37.3 Å². The molecule has 2 aromatic rings. The van der Waals surface area contributed by atoms with Crippen LogP contribution in [0.4, 0.5) is 19.7 Å². The Morgan fingerprint density at radius 2 is 1.87 bits per heavy atom. The van der Waals surface area contributed by atoms with Crippen molar-refractivity contribution in [1.29, 1.82) is 0 Å². The Bertz CT molecular complexity index is 1360. The molecule has 0 radical (unpaired) electrons. The van der Waals surface area contributed by atoms with E-state index in [-0.39, 0.29) is 30.2 Å². The first-order valence-corrected chi connectivity index (χ1v) is 13.0. The summed E-state index contributed by atoms with van der Waals surface area (Å²) in [5.41, 5.74) is 2.27. The minimum atomic E-state index is -1.46. The fraction of sp³-hybridized carbons (Fsp3) is 0.429. The summed E-state index contributed by atoms with van der Waals surface area (Å²) in [6.07, 6.45) is 3.39. The van der Waals surface area contributed by atoms with Gasteiger partial charge in [0.05, 0.1) is 0 Å². The molecule has 9 nitrogen and oxygen atoms in total. The van der Waals surface area contributed by atoms with E-state index in [1.165, 1.54) is 19.2 Å². The molecule has 1 saturated heterocycles. The molecule has 6 rings (SSSR count). The van der Waals surface area contributed by atoms with Crippen molar-refractivity contribution in [3.8, 4) is 0 Å². The zero-order valence-corrected chi connectivity index (χ0v) is 21.1. The fourth-order valence-corrected chi connectivity index (χ4v) is 6.14. The lowest BCUT2D eigenvalue weighted by molar-refractivity contribution is -0.143. The Balaban J connectivity index is 1.23. The maximum atomic E-state index is 13.9. The van der Waals surface area contributed by atoms with E-state index < -0.39 is 24.1 Å². The van der Waals surface area contributed by atoms with Gasteiger partial charge in [0.15, 0.2) is 0 Å². The van der Waals surface area contributed by atoms with E-state index in [9.17, 15) is 23.6 Å². The monoisotopic (exact) mass is 520 g/mol. The average molecular weight is 521 g/mol. The molecule has 5 amide bonds. The van der Waals surface area contributed by atoms with Gasteiger partial charge in [0.1, 0.15) is 12.4 Å². The van der Waals surface area contributed by atoms with E-state index in [4.69, 9.17) is 4.74 Å². The highest BCUT2D eigenvalue weighted by Crippen LogP contribution is 2.46. The number of ether oxygens (including phenoxy) is 1. The molecule has 2 heterocycles. The van der Waals surface area contributed by atoms with Gasteiger partial charge >= 0.3 is 12.1 Å². The van der Waals surface area contributed by atoms with Crippen molar-refractivity contribution in [2.24, 2.45) is 5.92 Å². The van der Waals surface area contributed by atoms with E-state index >= 15 is 0 Å². The van der Waals surface area contributed by atoms with Gasteiger partial charge in [-0.2, -0.15) is 0 Å². The second kappa shape index (κ2) is 9.11. The first-order chi connectivity index (χ1) is 18.3. The summed E-state index contributed by atoms with van der Waals surface area (Å²) in [4.78, 5) is 54.6. The summed E-state index contributed by atoms with van der Waals surface area (Å²) in [5, 5.41) is 5.19. The normalized spacial score (nSPS) is 24.1. The van der Waals surface area contributed by atoms with Crippen LogP contribution in [-0.4, -0.2) is 53.4 Å². The minimum Gasteiger partial charge on any atom is -0.427 e. The predicted octanol–water partition coefficient (Wildman–Crippen LogP) is 3.45. The van der Waals surface area contributed by atoms with Crippen LogP contribution in [0.5, 0.6) is 0 Å². The van der Waals surface area contributed by atoms with Crippen LogP contribution in [0.1, 0.15) is 47.9 Å². The molecule has 2 fully saturated rings. The SMILES string of the molecule is CNC(=O)Nc1ccc2c(c1)CC[C@]21OC(=O)N(CC(=O)N2Cc3ccc(F)cc3CC[C@@H]2C2CC2)C1=O. The highest BCUT2D eigenvalue weighted by molar-refractivity contribution is 6.06. The number of nitrogens with zero attached hydrogens (tertiary/aromatic N) is 2. The molecule has 0 bridgehead atoms. The Labute approximate surface area is 219 Å². The van der Waals surface area contributed by atoms with Gasteiger partial charge in [0.25, 0.3) is 5.91 Å². The number of urea groups is 1. The quantitative estimate of drug-likeness (QED) is 0.642. The molecule has 2 aliphatic heterocycles. The molecule has 2 N–H and O–H groups in total. The van der Waals surface area contributed by atoms with Gasteiger partial charge in [-0.15, -0.1) is 0 Å². The van der Waals surface area contributed by atoms with Crippen LogP contribution in [0.25, 0.3) is 0 Å². The number of halogens is 1. The molecule has 2 aliphatic carbocycles. The molecule has 1 spiro atoms. The molecule has 1 saturated carbocycles. The molecule has 0 unspecified atom stereocenters. The van der Waals surface area contributed by atoms with Crippen molar-refractivity contribution >= 4 is 29.6 Å². The van der Waals surface area contributed by atoms with E-state index in [0.29, 0.717) is 36.6 Å². The standard InChI is InChI=1S/C28H29FN4O5/c1-30-26(36)31-21-7-8-22-18(13-21)10-11-28(22)25(35)33(27(37)38-28)15-24(34)32-14-19-4-6-20(29)12-17(19)5-9-23(32)16-2-3-16/h4,6-8,12-13,16,23H,2-3,5,9-11,14-15H2,1H3,(H2,30,31,36)/t23-,28+/m1/s1. The number of rotatable bonds is 4. The third kappa shape index (κ3) is 4.08. The van der Waals surface area contributed by atoms with Crippen LogP contribution in [0.2, 0.25) is 0 Å². The van der Waals surface area contributed by atoms with Crippen LogP contribution < -0.4 is 10.6 Å². The Hall–Kier alpha value is -3.95. The highest BCUT2D eigenvalue weighted by atomic mass is 19.1. The van der Waals surface area contributed by atoms with E-state index in [1.54, 1.807) is 29.2 Å². The number of amides is 5. The van der Waals surface area contributed by atoms with Gasteiger partial charge in [-0.25, -0.2) is 18.9 Å². The number of imide groups is 1. The van der Waals surface area contributed by atoms with Crippen LogP contribution in [0.15, 0.2) is 36.4 Å². The third-order valence-electron chi connectivity index (χ3n) is 8.24. The number of aryl methyl sites for hydroxylation is 2. The van der Waals surface area contributed by atoms with Crippen molar-refractivity contribution in [3.63, 3.8) is 0 Å². The molecule has 38 heavy (non-hydrogen) atoms. The molecule has 2 atom stereocenters. The Morgan fingerprint density at radius 1 is 1.05 bits per heavy atom. The smallest absolute Gasteiger partial charge is 0.418 e. The number of benzene rings is 2. The zero-order valence-electron chi connectivity index (χ0n) is 21.1. The average Bonchev–Trinajstić information content (AvgIpc) is 3.66. The number of nitrogens with one attached hydrogen (secondary N) is 2. The fourth-order valence-electron chi connectivity index (χ4n) is 6.14. The summed E-state index contributed by atoms with van der Waals surface area (Å²) in [6, 6.07) is 9.39. The van der Waals surface area contributed by atoms with Crippen molar-refractivity contribution < 1.29 is 28.3 Å². The van der Waals surface area contributed by atoms with Gasteiger partial charge in [-0.1, -0.05) is 12.1 Å². The lowest BCUT2D eigenvalue weighted by Gasteiger charge is -2.31. The second-order valence-electron chi connectivity index (χ2n) is 10.5. The number of hydrogen-bond acceptors (Lipinski definition) is 5. The largest absolute Gasteiger partial charge is 0.427 e. The van der Waals surface area contributed by atoms with E-state index in [1.807, 2.05) is 0 Å². The van der Waals surface area contributed by atoms with Crippen LogP contribution in [0.3, 0.4) is 0 Å². The molecule has 198 valence electrons. The molecule has 10 heteroatoms. The maximum Gasteiger partial charge on any atom is 0.418 e. The Kier molecular flexibility index (Phi) is 5.85. The van der Waals surface area contributed by atoms with Crippen molar-refractivity contribution in [2.75, 3.05) is 18.9 Å². The van der Waals surface area contributed by atoms with Crippen molar-refractivity contribution in [2.45, 2.75) is 56.7 Å². The van der Waals surface area contributed by atoms with Crippen LogP contribution >= 0.6 is 0 Å². The van der Waals surface area contributed by atoms with E-state index in [2.05, 4.69) is 10.6 Å². The maximum absolute atomic E-state index is 13.9. The number of carbonyl (C=O) groups is 4. The zero-order chi connectivity index (χ0) is 26.6. The summed E-state index contributed by atoms with van der Waals surface area (Å²) in [7, 11) is 1.52. The van der Waals surface area contributed by atoms with Gasteiger partial charge in [-0.05, 0) is 79.0 Å². The number of hydrogen-bond donors (Lipinski definition) is 2. The molecule has 0 aromatic heterocycles.